The average molecular weight is 698 g/mol. The number of rotatable bonds is 8. The van der Waals surface area contributed by atoms with Crippen molar-refractivity contribution in [1.29, 1.82) is 0 Å². The summed E-state index contributed by atoms with van der Waals surface area (Å²) >= 11 is 0. The maximum Gasteiger partial charge on any atom is 0.144 e. The summed E-state index contributed by atoms with van der Waals surface area (Å²) in [5.74, 6) is 0.698. The summed E-state index contributed by atoms with van der Waals surface area (Å²) in [6.45, 7) is 8.64. The van der Waals surface area contributed by atoms with Crippen LogP contribution in [-0.2, 0) is 0 Å². The highest BCUT2D eigenvalue weighted by molar-refractivity contribution is 6.25. The van der Waals surface area contributed by atoms with Crippen LogP contribution in [0, 0.1) is 19.8 Å². The summed E-state index contributed by atoms with van der Waals surface area (Å²) in [6.07, 6.45) is 16.0. The molecule has 5 aliphatic rings. The highest BCUT2D eigenvalue weighted by atomic mass is 15.1. The Hall–Kier alpha value is -5.69. The van der Waals surface area contributed by atoms with E-state index < -0.39 is 0 Å². The molecule has 7 nitrogen and oxygen atoms in total. The van der Waals surface area contributed by atoms with Crippen molar-refractivity contribution in [1.82, 2.24) is 0 Å². The van der Waals surface area contributed by atoms with Crippen LogP contribution in [-0.4, -0.2) is 44.1 Å². The van der Waals surface area contributed by atoms with Crippen molar-refractivity contribution in [3.63, 3.8) is 0 Å². The molecule has 2 saturated heterocycles. The lowest BCUT2D eigenvalue weighted by molar-refractivity contribution is 0.578. The number of piperidine rings is 2. The molecule has 9 rings (SSSR count). The fourth-order valence-corrected chi connectivity index (χ4v) is 8.19. The fraction of sp³-hybridized carbons (Fsp3) is 0.283. The molecular formula is C46H47N7. The quantitative estimate of drug-likeness (QED) is 0.192. The molecule has 4 aliphatic heterocycles. The van der Waals surface area contributed by atoms with Crippen molar-refractivity contribution in [3.8, 4) is 0 Å². The van der Waals surface area contributed by atoms with E-state index in [1.807, 2.05) is 0 Å². The third-order valence-corrected chi connectivity index (χ3v) is 11.1. The van der Waals surface area contributed by atoms with Gasteiger partial charge in [-0.25, -0.2) is 15.0 Å². The second kappa shape index (κ2) is 14.4. The van der Waals surface area contributed by atoms with Crippen LogP contribution in [0.3, 0.4) is 0 Å². The number of hydrogen-bond donors (Lipinski definition) is 2. The van der Waals surface area contributed by atoms with E-state index in [1.54, 1.807) is 6.34 Å². The van der Waals surface area contributed by atoms with Gasteiger partial charge in [-0.1, -0.05) is 41.5 Å². The van der Waals surface area contributed by atoms with Crippen LogP contribution in [0.15, 0.2) is 124 Å². The van der Waals surface area contributed by atoms with Gasteiger partial charge >= 0.3 is 0 Å². The number of anilines is 6. The molecule has 266 valence electrons. The number of amidine groups is 1. The van der Waals surface area contributed by atoms with E-state index in [1.165, 1.54) is 61.0 Å². The summed E-state index contributed by atoms with van der Waals surface area (Å²) in [5.41, 5.74) is 15.6. The predicted molar refractivity (Wildman–Crippen MR) is 225 cm³/mol. The smallest absolute Gasteiger partial charge is 0.144 e. The summed E-state index contributed by atoms with van der Waals surface area (Å²) < 4.78 is 0. The molecule has 7 heteroatoms. The van der Waals surface area contributed by atoms with Gasteiger partial charge in [0.2, 0.25) is 0 Å². The van der Waals surface area contributed by atoms with Crippen LogP contribution in [0.25, 0.3) is 11.3 Å². The predicted octanol–water partition coefficient (Wildman–Crippen LogP) is 10.6. The molecule has 0 spiro atoms. The van der Waals surface area contributed by atoms with Crippen molar-refractivity contribution in [2.75, 3.05) is 46.6 Å². The lowest BCUT2D eigenvalue weighted by atomic mass is 9.81. The molecular weight excluding hydrogens is 651 g/mol. The second-order valence-corrected chi connectivity index (χ2v) is 15.0. The molecule has 4 heterocycles. The van der Waals surface area contributed by atoms with Crippen molar-refractivity contribution >= 4 is 63.3 Å². The number of allylic oxidation sites excluding steroid dienone is 4. The molecule has 1 atom stereocenters. The maximum absolute atomic E-state index is 5.21. The summed E-state index contributed by atoms with van der Waals surface area (Å²) in [7, 11) is 0. The Bertz CT molecular complexity index is 2090. The molecule has 0 radical (unpaired) electrons. The molecule has 53 heavy (non-hydrogen) atoms. The largest absolute Gasteiger partial charge is 0.371 e. The van der Waals surface area contributed by atoms with E-state index in [4.69, 9.17) is 15.0 Å². The van der Waals surface area contributed by atoms with Gasteiger partial charge in [0.05, 0.1) is 23.0 Å². The Morgan fingerprint density at radius 3 is 1.72 bits per heavy atom. The van der Waals surface area contributed by atoms with Gasteiger partial charge in [0.1, 0.15) is 12.2 Å². The van der Waals surface area contributed by atoms with Crippen LogP contribution in [0.4, 0.5) is 34.1 Å². The van der Waals surface area contributed by atoms with E-state index in [9.17, 15) is 0 Å². The molecule has 0 amide bonds. The third-order valence-electron chi connectivity index (χ3n) is 11.1. The first-order chi connectivity index (χ1) is 26.0. The van der Waals surface area contributed by atoms with Crippen molar-refractivity contribution < 1.29 is 0 Å². The van der Waals surface area contributed by atoms with Crippen LogP contribution in [0.2, 0.25) is 0 Å². The minimum atomic E-state index is -0.0882. The fourth-order valence-electron chi connectivity index (χ4n) is 8.19. The minimum Gasteiger partial charge on any atom is -0.371 e. The molecule has 0 aromatic heterocycles. The topological polar surface area (TPSA) is 67.6 Å². The Labute approximate surface area is 313 Å². The molecule has 0 saturated carbocycles. The van der Waals surface area contributed by atoms with Gasteiger partial charge in [0, 0.05) is 65.7 Å². The molecule has 1 aliphatic carbocycles. The lowest BCUT2D eigenvalue weighted by Gasteiger charge is -2.31. The normalized spacial score (nSPS) is 19.4. The zero-order chi connectivity index (χ0) is 35.7. The summed E-state index contributed by atoms with van der Waals surface area (Å²) in [4.78, 5) is 19.8. The van der Waals surface area contributed by atoms with Gasteiger partial charge in [-0.05, 0) is 136 Å². The van der Waals surface area contributed by atoms with E-state index in [0.717, 1.165) is 88.4 Å². The van der Waals surface area contributed by atoms with Crippen LogP contribution >= 0.6 is 0 Å². The maximum atomic E-state index is 5.21. The average Bonchev–Trinajstić information content (AvgIpc) is 3.20. The number of hydrogen-bond acceptors (Lipinski definition) is 7. The second-order valence-electron chi connectivity index (χ2n) is 15.0. The van der Waals surface area contributed by atoms with E-state index >= 15 is 0 Å². The molecule has 4 aromatic carbocycles. The molecule has 4 aromatic rings. The Balaban J connectivity index is 1.12. The van der Waals surface area contributed by atoms with Gasteiger partial charge in [-0.15, -0.1) is 0 Å². The lowest BCUT2D eigenvalue weighted by Crippen LogP contribution is -2.31. The van der Waals surface area contributed by atoms with Gasteiger partial charge in [-0.3, -0.25) is 0 Å². The van der Waals surface area contributed by atoms with Crippen LogP contribution in [0.1, 0.15) is 60.8 Å². The zero-order valence-electron chi connectivity index (χ0n) is 30.8. The van der Waals surface area contributed by atoms with Gasteiger partial charge in [0.25, 0.3) is 0 Å². The first kappa shape index (κ1) is 33.2. The SMILES string of the molecule is Cc1ccc(Nc2cc(N3CCCCC3)ccc2C2=CC3=NC=NC4=NC(c5ccc(N6CCCCC6)cc5Nc5ccc(C)cc5)=CC(=C2)C34)cc1. The third kappa shape index (κ3) is 6.96. The monoisotopic (exact) mass is 697 g/mol. The van der Waals surface area contributed by atoms with E-state index in [0.29, 0.717) is 0 Å². The number of nitrogens with zero attached hydrogens (tertiary/aromatic N) is 5. The number of benzene rings is 4. The summed E-state index contributed by atoms with van der Waals surface area (Å²) in [5, 5.41) is 7.55. The Morgan fingerprint density at radius 2 is 1.13 bits per heavy atom. The molecule has 1 unspecified atom stereocenters. The van der Waals surface area contributed by atoms with Gasteiger partial charge in [0.15, 0.2) is 0 Å². The Morgan fingerprint density at radius 1 is 0.585 bits per heavy atom. The number of aliphatic imine (C=N–C) groups is 3. The zero-order valence-corrected chi connectivity index (χ0v) is 30.8. The number of aryl methyl sites for hydroxylation is 2. The van der Waals surface area contributed by atoms with E-state index in [-0.39, 0.29) is 5.92 Å². The first-order valence-corrected chi connectivity index (χ1v) is 19.3. The van der Waals surface area contributed by atoms with Crippen LogP contribution in [0.5, 0.6) is 0 Å². The van der Waals surface area contributed by atoms with Crippen LogP contribution < -0.4 is 20.4 Å². The highest BCUT2D eigenvalue weighted by Crippen LogP contribution is 2.42. The minimum absolute atomic E-state index is 0.0882. The standard InChI is InChI=1S/C46H47N7/c1-31-9-13-35(14-10-31)49-42-28-37(52-21-5-3-6-22-52)17-19-39(42)33-25-34-27-41(51-46-45(34)44(26-33)47-30-48-46)40-20-18-38(53-23-7-4-8-24-53)29-43(40)50-36-15-11-32(2)12-16-36/h9-20,25-30,45,49-50H,3-8,21-24H2,1-2H3. The van der Waals surface area contributed by atoms with Crippen molar-refractivity contribution in [2.45, 2.75) is 52.4 Å². The molecule has 2 N–H and O–H groups in total. The van der Waals surface area contributed by atoms with Gasteiger partial charge in [-0.2, -0.15) is 0 Å². The number of nitrogens with one attached hydrogen (secondary N) is 2. The van der Waals surface area contributed by atoms with Crippen molar-refractivity contribution in [2.24, 2.45) is 20.9 Å². The molecule has 2 fully saturated rings. The molecule has 0 bridgehead atoms. The van der Waals surface area contributed by atoms with E-state index in [2.05, 4.69) is 137 Å². The Kier molecular flexibility index (Phi) is 9.00. The highest BCUT2D eigenvalue weighted by Gasteiger charge is 2.34. The van der Waals surface area contributed by atoms with Crippen molar-refractivity contribution in [3.05, 3.63) is 131 Å². The summed E-state index contributed by atoms with van der Waals surface area (Å²) in [6, 6.07) is 31.0. The van der Waals surface area contributed by atoms with Gasteiger partial charge < -0.3 is 20.4 Å². The first-order valence-electron chi connectivity index (χ1n) is 19.3.